The zero-order valence-electron chi connectivity index (χ0n) is 21.8. The van der Waals surface area contributed by atoms with Crippen LogP contribution in [0.15, 0.2) is 71.8 Å². The minimum absolute atomic E-state index is 0.277. The van der Waals surface area contributed by atoms with Gasteiger partial charge in [-0.05, 0) is 85.3 Å². The maximum absolute atomic E-state index is 12.0. The van der Waals surface area contributed by atoms with Gasteiger partial charge in [-0.1, -0.05) is 25.0 Å². The summed E-state index contributed by atoms with van der Waals surface area (Å²) in [6, 6.07) is 22.1. The molecule has 0 amide bonds. The molecule has 2 N–H and O–H groups in total. The van der Waals surface area contributed by atoms with Crippen LogP contribution in [0.25, 0.3) is 11.1 Å². The van der Waals surface area contributed by atoms with Crippen molar-refractivity contribution in [1.29, 1.82) is 5.26 Å². The monoisotopic (exact) mass is 529 g/mol. The summed E-state index contributed by atoms with van der Waals surface area (Å²) >= 11 is 0. The van der Waals surface area contributed by atoms with Crippen LogP contribution in [0.5, 0.6) is 0 Å². The van der Waals surface area contributed by atoms with Gasteiger partial charge in [0.1, 0.15) is 5.82 Å². The summed E-state index contributed by atoms with van der Waals surface area (Å²) in [6.07, 6.45) is 9.92. The van der Waals surface area contributed by atoms with Gasteiger partial charge < -0.3 is 15.5 Å². The van der Waals surface area contributed by atoms with Crippen molar-refractivity contribution < 1.29 is 8.42 Å². The van der Waals surface area contributed by atoms with Crippen molar-refractivity contribution in [2.24, 2.45) is 0 Å². The van der Waals surface area contributed by atoms with E-state index in [4.69, 9.17) is 5.26 Å². The first kappa shape index (κ1) is 26.2. The average Bonchev–Trinajstić information content (AvgIpc) is 2.94. The van der Waals surface area contributed by atoms with E-state index in [2.05, 4.69) is 38.7 Å². The molecule has 0 unspecified atom stereocenters. The van der Waals surface area contributed by atoms with E-state index in [-0.39, 0.29) is 6.04 Å². The van der Waals surface area contributed by atoms with Crippen molar-refractivity contribution in [3.8, 4) is 17.2 Å². The number of rotatable bonds is 7. The first-order valence-electron chi connectivity index (χ1n) is 13.4. The summed E-state index contributed by atoms with van der Waals surface area (Å²) in [6.45, 7) is 1.99. The molecule has 1 saturated heterocycles. The number of nitriles is 1. The van der Waals surface area contributed by atoms with Crippen LogP contribution in [0.1, 0.15) is 44.1 Å². The van der Waals surface area contributed by atoms with Gasteiger partial charge >= 0.3 is 0 Å². The highest BCUT2D eigenvalue weighted by Gasteiger charge is 2.29. The Balaban J connectivity index is 1.26. The van der Waals surface area contributed by atoms with Crippen molar-refractivity contribution >= 4 is 21.3 Å². The molecule has 2 aromatic carbocycles. The molecule has 5 rings (SSSR count). The smallest absolute Gasteiger partial charge is 0.175 e. The van der Waals surface area contributed by atoms with Gasteiger partial charge in [0.25, 0.3) is 0 Å². The molecular formula is C30H35N5O2S. The molecule has 1 aliphatic heterocycles. The van der Waals surface area contributed by atoms with Crippen LogP contribution in [0, 0.1) is 11.3 Å². The molecule has 3 aromatic rings. The molecule has 0 spiro atoms. The quantitative estimate of drug-likeness (QED) is 0.444. The van der Waals surface area contributed by atoms with Crippen molar-refractivity contribution in [1.82, 2.24) is 10.3 Å². The third-order valence-electron chi connectivity index (χ3n) is 7.69. The fraction of sp³-hybridized carbons (Fsp3) is 0.400. The Hall–Kier alpha value is -3.41. The van der Waals surface area contributed by atoms with Crippen LogP contribution in [0.3, 0.4) is 0 Å². The van der Waals surface area contributed by atoms with Crippen LogP contribution < -0.4 is 15.5 Å². The number of aromatic nitrogens is 1. The lowest BCUT2D eigenvalue weighted by Crippen LogP contribution is -2.54. The number of hydrogen-bond donors (Lipinski definition) is 2. The number of nitrogens with zero attached hydrogens (tertiary/aromatic N) is 3. The van der Waals surface area contributed by atoms with Crippen molar-refractivity contribution in [3.05, 3.63) is 72.4 Å². The van der Waals surface area contributed by atoms with Crippen LogP contribution in [-0.2, 0) is 9.84 Å². The van der Waals surface area contributed by atoms with E-state index >= 15 is 0 Å². The van der Waals surface area contributed by atoms with Crippen molar-refractivity contribution in [2.75, 3.05) is 29.6 Å². The van der Waals surface area contributed by atoms with Crippen molar-refractivity contribution in [3.63, 3.8) is 0 Å². The second-order valence-electron chi connectivity index (χ2n) is 10.5. The highest BCUT2D eigenvalue weighted by molar-refractivity contribution is 7.90. The summed E-state index contributed by atoms with van der Waals surface area (Å²) in [5.74, 6) is 0.814. The first-order chi connectivity index (χ1) is 18.4. The predicted molar refractivity (Wildman–Crippen MR) is 152 cm³/mol. The van der Waals surface area contributed by atoms with E-state index in [1.165, 1.54) is 24.8 Å². The molecule has 8 heteroatoms. The van der Waals surface area contributed by atoms with Gasteiger partial charge in [0.15, 0.2) is 9.84 Å². The summed E-state index contributed by atoms with van der Waals surface area (Å²) in [7, 11) is -3.27. The summed E-state index contributed by atoms with van der Waals surface area (Å²) in [5, 5.41) is 16.8. The van der Waals surface area contributed by atoms with Crippen LogP contribution in [-0.4, -0.2) is 50.9 Å². The number of benzene rings is 2. The van der Waals surface area contributed by atoms with Gasteiger partial charge in [0.2, 0.25) is 0 Å². The minimum Gasteiger partial charge on any atom is -0.370 e. The van der Waals surface area contributed by atoms with Gasteiger partial charge in [-0.15, -0.1) is 0 Å². The van der Waals surface area contributed by atoms with E-state index in [1.807, 2.05) is 30.3 Å². The summed E-state index contributed by atoms with van der Waals surface area (Å²) in [5.41, 5.74) is 3.67. The highest BCUT2D eigenvalue weighted by atomic mass is 32.2. The topological polar surface area (TPSA) is 98.1 Å². The Labute approximate surface area is 225 Å². The molecule has 1 aliphatic carbocycles. The normalized spacial score (nSPS) is 22.0. The fourth-order valence-corrected chi connectivity index (χ4v) is 6.35. The van der Waals surface area contributed by atoms with E-state index in [9.17, 15) is 8.42 Å². The van der Waals surface area contributed by atoms with E-state index in [0.29, 0.717) is 22.5 Å². The Morgan fingerprint density at radius 3 is 2.47 bits per heavy atom. The maximum atomic E-state index is 12.0. The minimum atomic E-state index is -3.27. The van der Waals surface area contributed by atoms with Crippen LogP contribution in [0.2, 0.25) is 0 Å². The largest absolute Gasteiger partial charge is 0.370 e. The molecule has 2 aliphatic rings. The molecular weight excluding hydrogens is 494 g/mol. The highest BCUT2D eigenvalue weighted by Crippen LogP contribution is 2.28. The lowest BCUT2D eigenvalue weighted by atomic mass is 9.89. The lowest BCUT2D eigenvalue weighted by molar-refractivity contribution is 0.293. The molecule has 2 fully saturated rings. The van der Waals surface area contributed by atoms with Gasteiger partial charge in [0, 0.05) is 49.4 Å². The van der Waals surface area contributed by atoms with E-state index < -0.39 is 9.84 Å². The Morgan fingerprint density at radius 1 is 0.947 bits per heavy atom. The number of sulfone groups is 1. The molecule has 3 atom stereocenters. The van der Waals surface area contributed by atoms with Crippen LogP contribution in [0.4, 0.5) is 11.5 Å². The molecule has 1 saturated carbocycles. The number of piperidine rings is 1. The Kier molecular flexibility index (Phi) is 7.96. The maximum Gasteiger partial charge on any atom is 0.175 e. The average molecular weight is 530 g/mol. The predicted octanol–water partition coefficient (Wildman–Crippen LogP) is 5.01. The molecule has 0 bridgehead atoms. The SMILES string of the molecule is CS(=O)(=O)c1cccc(-c2ccnc(N[C@@H]3CCCC[C@H]3N[C@H]3CCCN(c4ccc(C#N)cc4)C3)c2)c1. The van der Waals surface area contributed by atoms with E-state index in [1.54, 1.807) is 24.4 Å². The third-order valence-corrected chi connectivity index (χ3v) is 8.80. The molecule has 2 heterocycles. The lowest BCUT2D eigenvalue weighted by Gasteiger charge is -2.40. The fourth-order valence-electron chi connectivity index (χ4n) is 5.69. The zero-order valence-corrected chi connectivity index (χ0v) is 22.6. The third kappa shape index (κ3) is 6.35. The van der Waals surface area contributed by atoms with Gasteiger partial charge in [-0.3, -0.25) is 0 Å². The number of hydrogen-bond acceptors (Lipinski definition) is 7. The standard InChI is InChI=1S/C30H35N5O2S/c1-38(36,37)27-8-4-6-23(18-27)24-15-16-32-30(19-24)34-29-10-3-2-9-28(29)33-25-7-5-17-35(21-25)26-13-11-22(20-31)12-14-26/h4,6,8,11-16,18-19,25,28-29,33H,2-3,5,7,9-10,17,21H2,1H3,(H,32,34)/t25-,28+,29+/m0/s1. The van der Waals surface area contributed by atoms with Gasteiger partial charge in [0.05, 0.1) is 16.5 Å². The molecule has 7 nitrogen and oxygen atoms in total. The Bertz CT molecular complexity index is 1400. The molecule has 198 valence electrons. The number of pyridine rings is 1. The zero-order chi connectivity index (χ0) is 26.5. The van der Waals surface area contributed by atoms with Gasteiger partial charge in [-0.25, -0.2) is 13.4 Å². The summed E-state index contributed by atoms with van der Waals surface area (Å²) in [4.78, 5) is 7.33. The molecule has 38 heavy (non-hydrogen) atoms. The number of nitrogens with one attached hydrogen (secondary N) is 2. The second kappa shape index (κ2) is 11.5. The van der Waals surface area contributed by atoms with Crippen LogP contribution >= 0.6 is 0 Å². The first-order valence-corrected chi connectivity index (χ1v) is 15.3. The van der Waals surface area contributed by atoms with Gasteiger partial charge in [-0.2, -0.15) is 5.26 Å². The van der Waals surface area contributed by atoms with Crippen molar-refractivity contribution in [2.45, 2.75) is 61.5 Å². The second-order valence-corrected chi connectivity index (χ2v) is 12.5. The summed E-state index contributed by atoms with van der Waals surface area (Å²) < 4.78 is 24.1. The molecule has 1 aromatic heterocycles. The Morgan fingerprint density at radius 2 is 1.71 bits per heavy atom. The van der Waals surface area contributed by atoms with E-state index in [0.717, 1.165) is 55.7 Å². The number of anilines is 2. The molecule has 0 radical (unpaired) electrons.